The third kappa shape index (κ3) is 1.94. The van der Waals surface area contributed by atoms with Crippen molar-refractivity contribution in [2.45, 2.75) is 0 Å². The second-order valence-corrected chi connectivity index (χ2v) is 5.48. The number of benzene rings is 2. The maximum Gasteiger partial charge on any atom is 0.256 e. The topological polar surface area (TPSA) is 65.2 Å². The number of H-pyrrole nitrogens is 1. The fourth-order valence-electron chi connectivity index (χ4n) is 3.03. The van der Waals surface area contributed by atoms with Crippen LogP contribution >= 0.6 is 0 Å². The van der Waals surface area contributed by atoms with Gasteiger partial charge in [0.1, 0.15) is 0 Å². The number of hydrogen-bond donors (Lipinski definition) is 2. The lowest BCUT2D eigenvalue weighted by Crippen LogP contribution is -2.50. The van der Waals surface area contributed by atoms with Crippen LogP contribution in [0.2, 0.25) is 0 Å². The summed E-state index contributed by atoms with van der Waals surface area (Å²) in [6, 6.07) is 13.7. The SMILES string of the molecule is O=C1CN(C(=O)c2cccc3c2[nH]c2ccccc23)CCN1. The molecular formula is C17H15N3O2. The van der Waals surface area contributed by atoms with Crippen LogP contribution in [0, 0.1) is 0 Å². The van der Waals surface area contributed by atoms with Gasteiger partial charge in [0.25, 0.3) is 5.91 Å². The van der Waals surface area contributed by atoms with E-state index in [0.717, 1.165) is 21.8 Å². The molecule has 0 aliphatic carbocycles. The van der Waals surface area contributed by atoms with Gasteiger partial charge in [-0.1, -0.05) is 30.3 Å². The first-order valence-corrected chi connectivity index (χ1v) is 7.29. The van der Waals surface area contributed by atoms with E-state index in [0.29, 0.717) is 18.7 Å². The van der Waals surface area contributed by atoms with Crippen LogP contribution in [0.5, 0.6) is 0 Å². The zero-order valence-electron chi connectivity index (χ0n) is 11.9. The van der Waals surface area contributed by atoms with Crippen LogP contribution in [0.3, 0.4) is 0 Å². The highest BCUT2D eigenvalue weighted by Gasteiger charge is 2.24. The Morgan fingerprint density at radius 3 is 2.73 bits per heavy atom. The maximum absolute atomic E-state index is 12.8. The van der Waals surface area contributed by atoms with E-state index in [2.05, 4.69) is 10.3 Å². The number of aromatic amines is 1. The average Bonchev–Trinajstić information content (AvgIpc) is 2.93. The summed E-state index contributed by atoms with van der Waals surface area (Å²) in [5, 5.41) is 4.87. The number of hydrogen-bond acceptors (Lipinski definition) is 2. The van der Waals surface area contributed by atoms with Crippen molar-refractivity contribution in [3.63, 3.8) is 0 Å². The van der Waals surface area contributed by atoms with E-state index in [1.54, 1.807) is 4.90 Å². The van der Waals surface area contributed by atoms with Gasteiger partial charge in [0, 0.05) is 29.4 Å². The molecule has 0 bridgehead atoms. The lowest BCUT2D eigenvalue weighted by Gasteiger charge is -2.26. The summed E-state index contributed by atoms with van der Waals surface area (Å²) >= 11 is 0. The van der Waals surface area contributed by atoms with Gasteiger partial charge in [-0.25, -0.2) is 0 Å². The van der Waals surface area contributed by atoms with Crippen molar-refractivity contribution in [2.24, 2.45) is 0 Å². The summed E-state index contributed by atoms with van der Waals surface area (Å²) in [5.41, 5.74) is 2.46. The molecule has 0 radical (unpaired) electrons. The van der Waals surface area contributed by atoms with Crippen LogP contribution in [0.1, 0.15) is 10.4 Å². The molecule has 1 fully saturated rings. The number of amides is 2. The number of carbonyl (C=O) groups is 2. The first kappa shape index (κ1) is 12.9. The summed E-state index contributed by atoms with van der Waals surface area (Å²) in [4.78, 5) is 29.2. The monoisotopic (exact) mass is 293 g/mol. The molecule has 2 aromatic carbocycles. The quantitative estimate of drug-likeness (QED) is 0.719. The molecule has 3 aromatic rings. The zero-order chi connectivity index (χ0) is 15.1. The summed E-state index contributed by atoms with van der Waals surface area (Å²) in [6.45, 7) is 1.17. The molecular weight excluding hydrogens is 278 g/mol. The highest BCUT2D eigenvalue weighted by molar-refractivity contribution is 6.15. The number of fused-ring (bicyclic) bond motifs is 3. The first-order chi connectivity index (χ1) is 10.7. The minimum absolute atomic E-state index is 0.105. The van der Waals surface area contributed by atoms with Crippen molar-refractivity contribution in [3.05, 3.63) is 48.0 Å². The number of nitrogens with zero attached hydrogens (tertiary/aromatic N) is 1. The molecule has 22 heavy (non-hydrogen) atoms. The molecule has 1 saturated heterocycles. The molecule has 1 aliphatic rings. The molecule has 2 heterocycles. The predicted octanol–water partition coefficient (Wildman–Crippen LogP) is 1.89. The van der Waals surface area contributed by atoms with Crippen molar-refractivity contribution in [1.29, 1.82) is 0 Å². The maximum atomic E-state index is 12.8. The summed E-state index contributed by atoms with van der Waals surface area (Å²) in [5.74, 6) is -0.213. The summed E-state index contributed by atoms with van der Waals surface area (Å²) in [7, 11) is 0. The molecule has 0 unspecified atom stereocenters. The van der Waals surface area contributed by atoms with Gasteiger partial charge in [0.05, 0.1) is 17.6 Å². The molecule has 4 rings (SSSR count). The predicted molar refractivity (Wildman–Crippen MR) is 84.7 cm³/mol. The fraction of sp³-hybridized carbons (Fsp3) is 0.176. The van der Waals surface area contributed by atoms with Gasteiger partial charge in [0.2, 0.25) is 5.91 Å². The van der Waals surface area contributed by atoms with E-state index in [1.807, 2.05) is 42.5 Å². The molecule has 110 valence electrons. The van der Waals surface area contributed by atoms with Crippen molar-refractivity contribution in [1.82, 2.24) is 15.2 Å². The molecule has 5 nitrogen and oxygen atoms in total. The highest BCUT2D eigenvalue weighted by Crippen LogP contribution is 2.28. The van der Waals surface area contributed by atoms with Crippen LogP contribution in [-0.2, 0) is 4.79 Å². The summed E-state index contributed by atoms with van der Waals surface area (Å²) in [6.07, 6.45) is 0. The van der Waals surface area contributed by atoms with E-state index in [9.17, 15) is 9.59 Å². The lowest BCUT2D eigenvalue weighted by atomic mass is 10.1. The largest absolute Gasteiger partial charge is 0.354 e. The van der Waals surface area contributed by atoms with Gasteiger partial charge in [-0.05, 0) is 12.1 Å². The summed E-state index contributed by atoms with van der Waals surface area (Å²) < 4.78 is 0. The number of aromatic nitrogens is 1. The molecule has 0 spiro atoms. The Labute approximate surface area is 126 Å². The number of nitrogens with one attached hydrogen (secondary N) is 2. The Morgan fingerprint density at radius 2 is 1.86 bits per heavy atom. The van der Waals surface area contributed by atoms with Crippen LogP contribution in [-0.4, -0.2) is 41.3 Å². The Balaban J connectivity index is 1.84. The molecule has 0 saturated carbocycles. The van der Waals surface area contributed by atoms with Crippen molar-refractivity contribution < 1.29 is 9.59 Å². The van der Waals surface area contributed by atoms with Gasteiger partial charge in [-0.2, -0.15) is 0 Å². The molecule has 1 aromatic heterocycles. The standard InChI is InChI=1S/C17H15N3O2/c21-15-10-20(9-8-18-15)17(22)13-6-3-5-12-11-4-1-2-7-14(11)19-16(12)13/h1-7,19H,8-10H2,(H,18,21). The molecule has 5 heteroatoms. The Hall–Kier alpha value is -2.82. The van der Waals surface area contributed by atoms with E-state index in [4.69, 9.17) is 0 Å². The van der Waals surface area contributed by atoms with Crippen molar-refractivity contribution >= 4 is 33.6 Å². The van der Waals surface area contributed by atoms with Gasteiger partial charge in [0.15, 0.2) is 0 Å². The molecule has 2 N–H and O–H groups in total. The average molecular weight is 293 g/mol. The third-order valence-electron chi connectivity index (χ3n) is 4.10. The van der Waals surface area contributed by atoms with Gasteiger partial charge in [-0.15, -0.1) is 0 Å². The van der Waals surface area contributed by atoms with E-state index in [1.165, 1.54) is 0 Å². The second-order valence-electron chi connectivity index (χ2n) is 5.48. The zero-order valence-corrected chi connectivity index (χ0v) is 11.9. The molecule has 2 amide bonds. The van der Waals surface area contributed by atoms with E-state index < -0.39 is 0 Å². The van der Waals surface area contributed by atoms with Gasteiger partial charge >= 0.3 is 0 Å². The van der Waals surface area contributed by atoms with Crippen LogP contribution in [0.25, 0.3) is 21.8 Å². The minimum atomic E-state index is -0.108. The number of carbonyl (C=O) groups excluding carboxylic acids is 2. The third-order valence-corrected chi connectivity index (χ3v) is 4.10. The van der Waals surface area contributed by atoms with Gasteiger partial charge in [-0.3, -0.25) is 9.59 Å². The Morgan fingerprint density at radius 1 is 1.05 bits per heavy atom. The number of piperazine rings is 1. The number of rotatable bonds is 1. The minimum Gasteiger partial charge on any atom is -0.354 e. The van der Waals surface area contributed by atoms with Crippen molar-refractivity contribution in [2.75, 3.05) is 19.6 Å². The normalized spacial score (nSPS) is 15.3. The smallest absolute Gasteiger partial charge is 0.256 e. The van der Waals surface area contributed by atoms with E-state index in [-0.39, 0.29) is 18.4 Å². The lowest BCUT2D eigenvalue weighted by molar-refractivity contribution is -0.123. The Bertz CT molecular complexity index is 897. The van der Waals surface area contributed by atoms with Crippen LogP contribution in [0.15, 0.2) is 42.5 Å². The number of para-hydroxylation sites is 2. The molecule has 0 atom stereocenters. The van der Waals surface area contributed by atoms with Gasteiger partial charge < -0.3 is 15.2 Å². The van der Waals surface area contributed by atoms with Crippen LogP contribution in [0.4, 0.5) is 0 Å². The van der Waals surface area contributed by atoms with Crippen molar-refractivity contribution in [3.8, 4) is 0 Å². The second kappa shape index (κ2) is 4.87. The van der Waals surface area contributed by atoms with Crippen LogP contribution < -0.4 is 5.32 Å². The first-order valence-electron chi connectivity index (χ1n) is 7.29. The van der Waals surface area contributed by atoms with E-state index >= 15 is 0 Å². The highest BCUT2D eigenvalue weighted by atomic mass is 16.2. The Kier molecular flexibility index (Phi) is 2.85. The molecule has 1 aliphatic heterocycles. The fourth-order valence-corrected chi connectivity index (χ4v) is 3.03.